The lowest BCUT2D eigenvalue weighted by atomic mass is 9.98. The van der Waals surface area contributed by atoms with Crippen molar-refractivity contribution in [3.8, 4) is 0 Å². The van der Waals surface area contributed by atoms with Crippen LogP contribution in [0.2, 0.25) is 0 Å². The molecule has 0 saturated heterocycles. The molecule has 0 spiro atoms. The first-order chi connectivity index (χ1) is 9.95. The Morgan fingerprint density at radius 3 is 2.10 bits per heavy atom. The molecule has 1 heterocycles. The molecule has 0 atom stereocenters. The van der Waals surface area contributed by atoms with Gasteiger partial charge in [0, 0.05) is 24.4 Å². The van der Waals surface area contributed by atoms with E-state index >= 15 is 0 Å². The van der Waals surface area contributed by atoms with E-state index in [1.54, 1.807) is 11.3 Å². The molecule has 1 fully saturated rings. The second-order valence-corrected chi connectivity index (χ2v) is 6.86. The van der Waals surface area contributed by atoms with Gasteiger partial charge in [0.05, 0.1) is 11.2 Å². The van der Waals surface area contributed by atoms with E-state index in [1.807, 2.05) is 5.51 Å². The molecule has 0 radical (unpaired) electrons. The Morgan fingerprint density at radius 1 is 0.950 bits per heavy atom. The first-order valence-electron chi connectivity index (χ1n) is 8.55. The summed E-state index contributed by atoms with van der Waals surface area (Å²) < 4.78 is 0. The summed E-state index contributed by atoms with van der Waals surface area (Å²) in [7, 11) is 0. The summed E-state index contributed by atoms with van der Waals surface area (Å²) in [6, 6.07) is 0.744. The zero-order valence-electron chi connectivity index (χ0n) is 12.8. The van der Waals surface area contributed by atoms with E-state index in [1.165, 1.54) is 76.3 Å². The van der Waals surface area contributed by atoms with Crippen molar-refractivity contribution in [2.75, 3.05) is 6.54 Å². The number of nitrogens with one attached hydrogen (secondary N) is 1. The second kappa shape index (κ2) is 10.3. The molecule has 1 aromatic rings. The number of rotatable bonds is 4. The number of nitrogens with zero attached hydrogens (tertiary/aromatic N) is 1. The number of aromatic nitrogens is 1. The van der Waals surface area contributed by atoms with Crippen LogP contribution in [-0.4, -0.2) is 17.6 Å². The van der Waals surface area contributed by atoms with Crippen molar-refractivity contribution >= 4 is 11.3 Å². The van der Waals surface area contributed by atoms with Crippen LogP contribution >= 0.6 is 11.3 Å². The van der Waals surface area contributed by atoms with Crippen LogP contribution in [0.25, 0.3) is 0 Å². The van der Waals surface area contributed by atoms with Gasteiger partial charge in [0.1, 0.15) is 0 Å². The molecule has 1 saturated carbocycles. The summed E-state index contributed by atoms with van der Waals surface area (Å²) in [4.78, 5) is 4.36. The van der Waals surface area contributed by atoms with Gasteiger partial charge in [-0.25, -0.2) is 4.98 Å². The van der Waals surface area contributed by atoms with Crippen LogP contribution < -0.4 is 5.32 Å². The van der Waals surface area contributed by atoms with Gasteiger partial charge in [-0.3, -0.25) is 0 Å². The molecule has 1 aliphatic carbocycles. The first-order valence-corrected chi connectivity index (χ1v) is 9.50. The van der Waals surface area contributed by atoms with E-state index in [2.05, 4.69) is 15.7 Å². The third kappa shape index (κ3) is 6.85. The SMILES string of the molecule is c1nc(CCNC2CCCCCCCCCCC2)cs1. The van der Waals surface area contributed by atoms with E-state index < -0.39 is 0 Å². The van der Waals surface area contributed by atoms with Gasteiger partial charge in [0.25, 0.3) is 0 Å². The highest BCUT2D eigenvalue weighted by Gasteiger charge is 2.09. The molecule has 0 aliphatic heterocycles. The maximum atomic E-state index is 4.36. The lowest BCUT2D eigenvalue weighted by Crippen LogP contribution is -2.31. The molecule has 2 nitrogen and oxygen atoms in total. The third-order valence-corrected chi connectivity index (χ3v) is 5.04. The summed E-state index contributed by atoms with van der Waals surface area (Å²) in [6.45, 7) is 1.09. The van der Waals surface area contributed by atoms with E-state index in [0.717, 1.165) is 19.0 Å². The molecular formula is C17H30N2S. The second-order valence-electron chi connectivity index (χ2n) is 6.14. The fourth-order valence-corrected chi connectivity index (χ4v) is 3.73. The minimum Gasteiger partial charge on any atom is -0.314 e. The molecular weight excluding hydrogens is 264 g/mol. The molecule has 20 heavy (non-hydrogen) atoms. The molecule has 2 rings (SSSR count). The Bertz CT molecular complexity index is 312. The molecule has 1 aliphatic rings. The molecule has 3 heteroatoms. The van der Waals surface area contributed by atoms with Crippen LogP contribution in [0.5, 0.6) is 0 Å². The molecule has 0 unspecified atom stereocenters. The summed E-state index contributed by atoms with van der Waals surface area (Å²) in [6.07, 6.45) is 16.8. The highest BCUT2D eigenvalue weighted by atomic mass is 32.1. The van der Waals surface area contributed by atoms with Crippen molar-refractivity contribution in [3.05, 3.63) is 16.6 Å². The maximum Gasteiger partial charge on any atom is 0.0794 e. The van der Waals surface area contributed by atoms with Gasteiger partial charge in [-0.2, -0.15) is 0 Å². The fraction of sp³-hybridized carbons (Fsp3) is 0.824. The number of hydrogen-bond acceptors (Lipinski definition) is 3. The molecule has 1 N–H and O–H groups in total. The normalized spacial score (nSPS) is 20.2. The highest BCUT2D eigenvalue weighted by Crippen LogP contribution is 2.17. The number of hydrogen-bond donors (Lipinski definition) is 1. The Balaban J connectivity index is 1.65. The topological polar surface area (TPSA) is 24.9 Å². The van der Waals surface area contributed by atoms with Gasteiger partial charge >= 0.3 is 0 Å². The predicted octanol–water partition coefficient (Wildman–Crippen LogP) is 4.95. The van der Waals surface area contributed by atoms with Crippen molar-refractivity contribution in [1.82, 2.24) is 10.3 Å². The van der Waals surface area contributed by atoms with Crippen LogP contribution in [0.4, 0.5) is 0 Å². The minimum atomic E-state index is 0.744. The Morgan fingerprint density at radius 2 is 1.55 bits per heavy atom. The monoisotopic (exact) mass is 294 g/mol. The van der Waals surface area contributed by atoms with Crippen molar-refractivity contribution in [2.24, 2.45) is 0 Å². The maximum absolute atomic E-state index is 4.36. The van der Waals surface area contributed by atoms with Gasteiger partial charge in [0.15, 0.2) is 0 Å². The van der Waals surface area contributed by atoms with Crippen molar-refractivity contribution in [1.29, 1.82) is 0 Å². The lowest BCUT2D eigenvalue weighted by Gasteiger charge is -2.19. The average molecular weight is 295 g/mol. The Kier molecular flexibility index (Phi) is 8.25. The van der Waals surface area contributed by atoms with Crippen molar-refractivity contribution < 1.29 is 0 Å². The molecule has 0 amide bonds. The van der Waals surface area contributed by atoms with Crippen LogP contribution in [-0.2, 0) is 6.42 Å². The summed E-state index contributed by atoms with van der Waals surface area (Å²) >= 11 is 1.70. The fourth-order valence-electron chi connectivity index (χ4n) is 3.13. The molecule has 0 aromatic carbocycles. The van der Waals surface area contributed by atoms with E-state index in [-0.39, 0.29) is 0 Å². The standard InChI is InChI=1S/C17H30N2S/c1-2-4-6-8-10-16(11-9-7-5-3-1)18-13-12-17-14-20-15-19-17/h14-16,18H,1-13H2. The van der Waals surface area contributed by atoms with Crippen LogP contribution in [0, 0.1) is 0 Å². The third-order valence-electron chi connectivity index (χ3n) is 4.40. The predicted molar refractivity (Wildman–Crippen MR) is 88.4 cm³/mol. The highest BCUT2D eigenvalue weighted by molar-refractivity contribution is 7.07. The van der Waals surface area contributed by atoms with Crippen molar-refractivity contribution in [3.63, 3.8) is 0 Å². The van der Waals surface area contributed by atoms with Crippen LogP contribution in [0.3, 0.4) is 0 Å². The van der Waals surface area contributed by atoms with E-state index in [4.69, 9.17) is 0 Å². The average Bonchev–Trinajstić information content (AvgIpc) is 2.94. The van der Waals surface area contributed by atoms with E-state index in [0.29, 0.717) is 0 Å². The first kappa shape index (κ1) is 16.0. The molecule has 0 bridgehead atoms. The number of thiazole rings is 1. The zero-order valence-corrected chi connectivity index (χ0v) is 13.6. The molecule has 1 aromatic heterocycles. The smallest absolute Gasteiger partial charge is 0.0794 e. The summed E-state index contributed by atoms with van der Waals surface area (Å²) in [5, 5.41) is 5.95. The summed E-state index contributed by atoms with van der Waals surface area (Å²) in [5.74, 6) is 0. The van der Waals surface area contributed by atoms with Gasteiger partial charge in [0.2, 0.25) is 0 Å². The lowest BCUT2D eigenvalue weighted by molar-refractivity contribution is 0.405. The van der Waals surface area contributed by atoms with Crippen LogP contribution in [0.15, 0.2) is 10.9 Å². The quantitative estimate of drug-likeness (QED) is 0.850. The Labute approximate surface area is 128 Å². The van der Waals surface area contributed by atoms with Gasteiger partial charge in [-0.1, -0.05) is 57.8 Å². The summed E-state index contributed by atoms with van der Waals surface area (Å²) in [5.41, 5.74) is 3.18. The van der Waals surface area contributed by atoms with Gasteiger partial charge < -0.3 is 5.32 Å². The van der Waals surface area contributed by atoms with Crippen LogP contribution in [0.1, 0.15) is 76.3 Å². The van der Waals surface area contributed by atoms with Crippen molar-refractivity contribution in [2.45, 2.75) is 83.1 Å². The zero-order chi connectivity index (χ0) is 13.9. The Hall–Kier alpha value is -0.410. The van der Waals surface area contributed by atoms with Gasteiger partial charge in [-0.15, -0.1) is 11.3 Å². The molecule has 114 valence electrons. The van der Waals surface area contributed by atoms with Gasteiger partial charge in [-0.05, 0) is 12.8 Å². The van der Waals surface area contributed by atoms with E-state index in [9.17, 15) is 0 Å². The largest absolute Gasteiger partial charge is 0.314 e. The minimum absolute atomic E-state index is 0.744.